The third kappa shape index (κ3) is 2.50. The van der Waals surface area contributed by atoms with Crippen molar-refractivity contribution in [2.45, 2.75) is 13.5 Å². The molecule has 0 saturated carbocycles. The number of nitrogens with zero attached hydrogens (tertiary/aromatic N) is 2. The molecule has 2 rings (SSSR count). The lowest BCUT2D eigenvalue weighted by Crippen LogP contribution is -2.40. The number of rotatable bonds is 3. The molecule has 0 fully saturated rings. The van der Waals surface area contributed by atoms with Crippen LogP contribution in [-0.2, 0) is 6.54 Å². The van der Waals surface area contributed by atoms with Crippen molar-refractivity contribution < 1.29 is 10.0 Å². The maximum Gasteiger partial charge on any atom is 0.490 e. The van der Waals surface area contributed by atoms with Gasteiger partial charge in [-0.25, -0.2) is 4.68 Å². The van der Waals surface area contributed by atoms with E-state index in [1.54, 1.807) is 6.92 Å². The average Bonchev–Trinajstić information content (AvgIpc) is 2.36. The van der Waals surface area contributed by atoms with Crippen LogP contribution in [0.1, 0.15) is 11.1 Å². The largest absolute Gasteiger partial charge is 0.490 e. The van der Waals surface area contributed by atoms with Crippen molar-refractivity contribution in [3.05, 3.63) is 58.0 Å². The third-order valence-electron chi connectivity index (χ3n) is 2.78. The van der Waals surface area contributed by atoms with Gasteiger partial charge in [-0.1, -0.05) is 30.3 Å². The average molecular weight is 244 g/mol. The Balaban J connectivity index is 2.37. The smallest absolute Gasteiger partial charge is 0.423 e. The van der Waals surface area contributed by atoms with Crippen LogP contribution in [0.15, 0.2) is 41.3 Å². The molecular weight excluding hydrogens is 231 g/mol. The molecule has 1 heterocycles. The molecule has 2 aromatic rings. The van der Waals surface area contributed by atoms with E-state index in [2.05, 4.69) is 5.10 Å². The zero-order valence-electron chi connectivity index (χ0n) is 9.95. The molecule has 6 heteroatoms. The van der Waals surface area contributed by atoms with Crippen molar-refractivity contribution in [3.63, 3.8) is 0 Å². The van der Waals surface area contributed by atoms with Crippen LogP contribution in [0.5, 0.6) is 0 Å². The van der Waals surface area contributed by atoms with E-state index >= 15 is 0 Å². The molecule has 0 bridgehead atoms. The summed E-state index contributed by atoms with van der Waals surface area (Å²) in [6.45, 7) is 1.92. The molecule has 0 aliphatic rings. The van der Waals surface area contributed by atoms with Gasteiger partial charge in [-0.3, -0.25) is 4.79 Å². The molecule has 0 saturated heterocycles. The molecule has 0 radical (unpaired) electrons. The Labute approximate surface area is 104 Å². The fourth-order valence-electron chi connectivity index (χ4n) is 1.73. The zero-order chi connectivity index (χ0) is 13.1. The van der Waals surface area contributed by atoms with Gasteiger partial charge < -0.3 is 10.0 Å². The van der Waals surface area contributed by atoms with Gasteiger partial charge in [0.1, 0.15) is 0 Å². The second-order valence-electron chi connectivity index (χ2n) is 4.05. The summed E-state index contributed by atoms with van der Waals surface area (Å²) in [4.78, 5) is 12.0. The molecule has 0 spiro atoms. The lowest BCUT2D eigenvalue weighted by atomic mass is 9.79. The second-order valence-corrected chi connectivity index (χ2v) is 4.05. The highest BCUT2D eigenvalue weighted by atomic mass is 16.4. The second kappa shape index (κ2) is 5.16. The van der Waals surface area contributed by atoms with E-state index in [1.165, 1.54) is 10.9 Å². The number of hydrogen-bond donors (Lipinski definition) is 2. The van der Waals surface area contributed by atoms with Crippen molar-refractivity contribution in [3.8, 4) is 0 Å². The van der Waals surface area contributed by atoms with Crippen molar-refractivity contribution in [2.75, 3.05) is 0 Å². The van der Waals surface area contributed by atoms with Gasteiger partial charge >= 0.3 is 7.12 Å². The molecule has 18 heavy (non-hydrogen) atoms. The van der Waals surface area contributed by atoms with E-state index in [0.29, 0.717) is 12.1 Å². The highest BCUT2D eigenvalue weighted by Crippen LogP contribution is 1.99. The van der Waals surface area contributed by atoms with Crippen molar-refractivity contribution in [1.82, 2.24) is 9.78 Å². The van der Waals surface area contributed by atoms with Crippen molar-refractivity contribution in [2.24, 2.45) is 0 Å². The lowest BCUT2D eigenvalue weighted by Gasteiger charge is -2.08. The van der Waals surface area contributed by atoms with Crippen LogP contribution in [0, 0.1) is 6.92 Å². The van der Waals surface area contributed by atoms with Crippen LogP contribution in [0.4, 0.5) is 0 Å². The van der Waals surface area contributed by atoms with Crippen LogP contribution in [-0.4, -0.2) is 26.9 Å². The Morgan fingerprint density at radius 3 is 2.56 bits per heavy atom. The van der Waals surface area contributed by atoms with E-state index in [0.717, 1.165) is 5.56 Å². The summed E-state index contributed by atoms with van der Waals surface area (Å²) >= 11 is 0. The first-order valence-electron chi connectivity index (χ1n) is 5.56. The molecule has 1 aromatic carbocycles. The molecule has 1 aromatic heterocycles. The SMILES string of the molecule is Cc1c(B(O)O)cnn(Cc2ccccc2)c1=O. The number of aromatic nitrogens is 2. The normalized spacial score (nSPS) is 10.4. The zero-order valence-corrected chi connectivity index (χ0v) is 9.95. The summed E-state index contributed by atoms with van der Waals surface area (Å²) in [6, 6.07) is 9.48. The Morgan fingerprint density at radius 1 is 1.28 bits per heavy atom. The summed E-state index contributed by atoms with van der Waals surface area (Å²) in [6.07, 6.45) is 1.31. The van der Waals surface area contributed by atoms with Gasteiger partial charge in [-0.05, 0) is 12.5 Å². The van der Waals surface area contributed by atoms with E-state index in [9.17, 15) is 4.79 Å². The van der Waals surface area contributed by atoms with Gasteiger partial charge in [-0.2, -0.15) is 5.10 Å². The molecule has 92 valence electrons. The minimum absolute atomic E-state index is 0.143. The fourth-order valence-corrected chi connectivity index (χ4v) is 1.73. The summed E-state index contributed by atoms with van der Waals surface area (Å²) in [5, 5.41) is 22.1. The standard InChI is InChI=1S/C12H13BN2O3/c1-9-11(13(17)18)7-14-15(12(9)16)8-10-5-3-2-4-6-10/h2-7,17-18H,8H2,1H3. The molecule has 0 amide bonds. The van der Waals surface area contributed by atoms with Gasteiger partial charge in [0.05, 0.1) is 6.54 Å². The molecule has 0 aliphatic carbocycles. The van der Waals surface area contributed by atoms with Crippen LogP contribution >= 0.6 is 0 Å². The van der Waals surface area contributed by atoms with Gasteiger partial charge in [0, 0.05) is 17.2 Å². The van der Waals surface area contributed by atoms with E-state index in [1.807, 2.05) is 30.3 Å². The molecule has 2 N–H and O–H groups in total. The number of benzene rings is 1. The van der Waals surface area contributed by atoms with Crippen LogP contribution in [0.2, 0.25) is 0 Å². The third-order valence-corrected chi connectivity index (χ3v) is 2.78. The molecule has 0 unspecified atom stereocenters. The van der Waals surface area contributed by atoms with Crippen molar-refractivity contribution in [1.29, 1.82) is 0 Å². The van der Waals surface area contributed by atoms with Crippen molar-refractivity contribution >= 4 is 12.6 Å². The first-order valence-corrected chi connectivity index (χ1v) is 5.56. The first kappa shape index (κ1) is 12.5. The molecular formula is C12H13BN2O3. The lowest BCUT2D eigenvalue weighted by molar-refractivity contribution is 0.424. The first-order chi connectivity index (χ1) is 8.59. The van der Waals surface area contributed by atoms with Gasteiger partial charge in [0.15, 0.2) is 0 Å². The van der Waals surface area contributed by atoms with E-state index in [4.69, 9.17) is 10.0 Å². The fraction of sp³-hybridized carbons (Fsp3) is 0.167. The monoisotopic (exact) mass is 244 g/mol. The highest BCUT2D eigenvalue weighted by Gasteiger charge is 2.17. The summed E-state index contributed by atoms with van der Waals surface area (Å²) in [5.74, 6) is 0. The van der Waals surface area contributed by atoms with Crippen LogP contribution in [0.25, 0.3) is 0 Å². The molecule has 0 aliphatic heterocycles. The Morgan fingerprint density at radius 2 is 1.94 bits per heavy atom. The van der Waals surface area contributed by atoms with Crippen LogP contribution < -0.4 is 11.0 Å². The summed E-state index contributed by atoms with van der Waals surface area (Å²) < 4.78 is 1.30. The van der Waals surface area contributed by atoms with E-state index in [-0.39, 0.29) is 11.0 Å². The quantitative estimate of drug-likeness (QED) is 0.698. The minimum Gasteiger partial charge on any atom is -0.423 e. The van der Waals surface area contributed by atoms with E-state index < -0.39 is 7.12 Å². The maximum atomic E-state index is 12.0. The molecule has 0 atom stereocenters. The Kier molecular flexibility index (Phi) is 3.59. The molecule has 5 nitrogen and oxygen atoms in total. The highest BCUT2D eigenvalue weighted by molar-refractivity contribution is 6.59. The maximum absolute atomic E-state index is 12.0. The van der Waals surface area contributed by atoms with Crippen LogP contribution in [0.3, 0.4) is 0 Å². The topological polar surface area (TPSA) is 75.3 Å². The minimum atomic E-state index is -1.67. The Hall–Kier alpha value is -1.92. The van der Waals surface area contributed by atoms with Gasteiger partial charge in [0.25, 0.3) is 5.56 Å². The summed E-state index contributed by atoms with van der Waals surface area (Å²) in [5.41, 5.74) is 1.09. The Bertz CT molecular complexity index is 596. The predicted octanol–water partition coefficient (Wildman–Crippen LogP) is -0.720. The van der Waals surface area contributed by atoms with Gasteiger partial charge in [-0.15, -0.1) is 0 Å². The number of hydrogen-bond acceptors (Lipinski definition) is 4. The van der Waals surface area contributed by atoms with Gasteiger partial charge in [0.2, 0.25) is 0 Å². The summed E-state index contributed by atoms with van der Waals surface area (Å²) in [7, 11) is -1.67. The predicted molar refractivity (Wildman–Crippen MR) is 68.6 cm³/mol.